The van der Waals surface area contributed by atoms with Crippen LogP contribution in [-0.2, 0) is 0 Å². The molecule has 0 spiro atoms. The van der Waals surface area contributed by atoms with E-state index in [9.17, 15) is 18.7 Å². The maximum absolute atomic E-state index is 14.4. The van der Waals surface area contributed by atoms with Crippen molar-refractivity contribution in [3.63, 3.8) is 0 Å². The van der Waals surface area contributed by atoms with Crippen molar-refractivity contribution >= 4 is 5.91 Å². The van der Waals surface area contributed by atoms with Crippen LogP contribution < -0.4 is 15.4 Å². The number of ether oxygens (including phenoxy) is 1. The maximum Gasteiger partial charge on any atom is 0.254 e. The van der Waals surface area contributed by atoms with Gasteiger partial charge in [-0.3, -0.25) is 4.79 Å². The van der Waals surface area contributed by atoms with Crippen LogP contribution in [0.3, 0.4) is 0 Å². The van der Waals surface area contributed by atoms with Crippen LogP contribution in [0.4, 0.5) is 8.78 Å². The first-order chi connectivity index (χ1) is 12.5. The summed E-state index contributed by atoms with van der Waals surface area (Å²) >= 11 is 0. The van der Waals surface area contributed by atoms with Crippen LogP contribution >= 0.6 is 0 Å². The molecular formula is C19H20F2N2O3. The minimum atomic E-state index is -0.736. The van der Waals surface area contributed by atoms with Gasteiger partial charge in [0.05, 0.1) is 18.8 Å². The second kappa shape index (κ2) is 7.80. The summed E-state index contributed by atoms with van der Waals surface area (Å²) in [5.74, 6) is -1.58. The highest BCUT2D eigenvalue weighted by atomic mass is 19.1. The van der Waals surface area contributed by atoms with Crippen molar-refractivity contribution in [1.29, 1.82) is 0 Å². The number of carbonyl (C=O) groups is 1. The van der Waals surface area contributed by atoms with E-state index >= 15 is 0 Å². The summed E-state index contributed by atoms with van der Waals surface area (Å²) in [4.78, 5) is 12.2. The van der Waals surface area contributed by atoms with Gasteiger partial charge in [-0.05, 0) is 29.8 Å². The molecule has 3 rings (SSSR count). The third-order valence-electron chi connectivity index (χ3n) is 4.53. The third kappa shape index (κ3) is 3.84. The van der Waals surface area contributed by atoms with Gasteiger partial charge in [0.2, 0.25) is 0 Å². The Morgan fingerprint density at radius 3 is 2.65 bits per heavy atom. The Bertz CT molecular complexity index is 813. The molecule has 1 amide bonds. The molecular weight excluding hydrogens is 342 g/mol. The van der Waals surface area contributed by atoms with Gasteiger partial charge in [0.1, 0.15) is 17.4 Å². The minimum Gasteiger partial charge on any atom is -0.497 e. The van der Waals surface area contributed by atoms with Crippen molar-refractivity contribution in [3.05, 3.63) is 53.6 Å². The van der Waals surface area contributed by atoms with E-state index in [1.165, 1.54) is 31.4 Å². The Kier molecular flexibility index (Phi) is 5.49. The van der Waals surface area contributed by atoms with Crippen LogP contribution in [0.25, 0.3) is 11.1 Å². The fourth-order valence-corrected chi connectivity index (χ4v) is 2.97. The molecule has 1 heterocycles. The first-order valence-electron chi connectivity index (χ1n) is 8.30. The van der Waals surface area contributed by atoms with E-state index < -0.39 is 23.6 Å². The number of methoxy groups -OCH3 is 1. The largest absolute Gasteiger partial charge is 0.497 e. The van der Waals surface area contributed by atoms with Gasteiger partial charge >= 0.3 is 0 Å². The van der Waals surface area contributed by atoms with Gasteiger partial charge < -0.3 is 20.5 Å². The van der Waals surface area contributed by atoms with Crippen LogP contribution in [0.15, 0.2) is 36.4 Å². The van der Waals surface area contributed by atoms with E-state index in [1.54, 1.807) is 6.07 Å². The molecule has 2 aromatic carbocycles. The fraction of sp³-hybridized carbons (Fsp3) is 0.316. The predicted molar refractivity (Wildman–Crippen MR) is 93.0 cm³/mol. The zero-order chi connectivity index (χ0) is 18.7. The van der Waals surface area contributed by atoms with Crippen LogP contribution in [-0.4, -0.2) is 43.9 Å². The summed E-state index contributed by atoms with van der Waals surface area (Å²) in [6.07, 6.45) is -0.527. The van der Waals surface area contributed by atoms with Crippen LogP contribution in [0.5, 0.6) is 5.75 Å². The molecule has 1 aliphatic heterocycles. The molecule has 1 fully saturated rings. The van der Waals surface area contributed by atoms with Gasteiger partial charge in [0.25, 0.3) is 5.91 Å². The quantitative estimate of drug-likeness (QED) is 0.760. The lowest BCUT2D eigenvalue weighted by molar-refractivity contribution is 0.0923. The third-order valence-corrected chi connectivity index (χ3v) is 4.53. The Balaban J connectivity index is 1.73. The highest BCUT2D eigenvalue weighted by molar-refractivity contribution is 5.95. The molecule has 1 saturated heterocycles. The lowest BCUT2D eigenvalue weighted by atomic mass is 10.0. The van der Waals surface area contributed by atoms with Crippen molar-refractivity contribution in [2.45, 2.75) is 6.10 Å². The van der Waals surface area contributed by atoms with Crippen LogP contribution in [0.2, 0.25) is 0 Å². The Labute approximate surface area is 150 Å². The van der Waals surface area contributed by atoms with Crippen molar-refractivity contribution < 1.29 is 23.4 Å². The van der Waals surface area contributed by atoms with E-state index in [0.717, 1.165) is 6.07 Å². The Morgan fingerprint density at radius 1 is 1.23 bits per heavy atom. The molecule has 2 atom stereocenters. The standard InChI is InChI=1S/C19H20F2N2O3/c1-26-13-3-5-14(17(21)7-13)11-2-4-15(16(20)6-11)19(25)23-9-12-8-22-10-18(12)24/h2-7,12,18,22,24H,8-10H2,1H3,(H,23,25). The predicted octanol–water partition coefficient (Wildman–Crippen LogP) is 1.95. The highest BCUT2D eigenvalue weighted by Gasteiger charge is 2.25. The number of β-amino-alcohol motifs (C(OH)–C–C–N with tert-alkyl or cyclic N) is 1. The van der Waals surface area contributed by atoms with Crippen molar-refractivity contribution in [2.24, 2.45) is 5.92 Å². The number of amides is 1. The summed E-state index contributed by atoms with van der Waals surface area (Å²) in [6.45, 7) is 1.33. The Morgan fingerprint density at radius 2 is 2.04 bits per heavy atom. The van der Waals surface area contributed by atoms with E-state index in [-0.39, 0.29) is 23.6 Å². The summed E-state index contributed by atoms with van der Waals surface area (Å²) in [6, 6.07) is 8.25. The molecule has 0 bridgehead atoms. The molecule has 3 N–H and O–H groups in total. The number of aliphatic hydroxyl groups is 1. The number of benzene rings is 2. The lowest BCUT2D eigenvalue weighted by Gasteiger charge is -2.14. The molecule has 2 unspecified atom stereocenters. The first-order valence-corrected chi connectivity index (χ1v) is 8.30. The topological polar surface area (TPSA) is 70.6 Å². The van der Waals surface area contributed by atoms with Gasteiger partial charge in [0.15, 0.2) is 0 Å². The van der Waals surface area contributed by atoms with Crippen molar-refractivity contribution in [2.75, 3.05) is 26.7 Å². The smallest absolute Gasteiger partial charge is 0.254 e. The number of rotatable bonds is 5. The van der Waals surface area contributed by atoms with E-state index in [4.69, 9.17) is 4.74 Å². The van der Waals surface area contributed by atoms with Gasteiger partial charge in [-0.15, -0.1) is 0 Å². The first kappa shape index (κ1) is 18.3. The summed E-state index contributed by atoms with van der Waals surface area (Å²) in [5, 5.41) is 15.4. The Hall–Kier alpha value is -2.51. The molecule has 0 saturated carbocycles. The molecule has 7 heteroatoms. The zero-order valence-electron chi connectivity index (χ0n) is 14.3. The monoisotopic (exact) mass is 362 g/mol. The SMILES string of the molecule is COc1ccc(-c2ccc(C(=O)NCC3CNCC3O)c(F)c2)c(F)c1. The number of hydrogen-bond acceptors (Lipinski definition) is 4. The highest BCUT2D eigenvalue weighted by Crippen LogP contribution is 2.27. The van der Waals surface area contributed by atoms with Crippen LogP contribution in [0.1, 0.15) is 10.4 Å². The van der Waals surface area contributed by atoms with E-state index in [2.05, 4.69) is 10.6 Å². The van der Waals surface area contributed by atoms with Gasteiger partial charge in [-0.25, -0.2) is 8.78 Å². The number of carbonyl (C=O) groups excluding carboxylic acids is 1. The lowest BCUT2D eigenvalue weighted by Crippen LogP contribution is -2.34. The average molecular weight is 362 g/mol. The number of nitrogens with one attached hydrogen (secondary N) is 2. The summed E-state index contributed by atoms with van der Waals surface area (Å²) in [5.41, 5.74) is 0.426. The molecule has 0 aromatic heterocycles. The van der Waals surface area contributed by atoms with Gasteiger partial charge in [-0.2, -0.15) is 0 Å². The molecule has 26 heavy (non-hydrogen) atoms. The van der Waals surface area contributed by atoms with Gasteiger partial charge in [0, 0.05) is 37.2 Å². The zero-order valence-corrected chi connectivity index (χ0v) is 14.3. The minimum absolute atomic E-state index is 0.102. The maximum atomic E-state index is 14.4. The number of halogens is 2. The molecule has 0 aliphatic carbocycles. The van der Waals surface area contributed by atoms with Crippen molar-refractivity contribution in [1.82, 2.24) is 10.6 Å². The van der Waals surface area contributed by atoms with E-state index in [0.29, 0.717) is 24.4 Å². The van der Waals surface area contributed by atoms with Gasteiger partial charge in [-0.1, -0.05) is 6.07 Å². The van der Waals surface area contributed by atoms with Crippen LogP contribution in [0, 0.1) is 17.6 Å². The second-order valence-electron chi connectivity index (χ2n) is 6.24. The molecule has 1 aliphatic rings. The molecule has 0 radical (unpaired) electrons. The molecule has 2 aromatic rings. The van der Waals surface area contributed by atoms with Crippen molar-refractivity contribution in [3.8, 4) is 16.9 Å². The fourth-order valence-electron chi connectivity index (χ4n) is 2.97. The normalized spacial score (nSPS) is 19.4. The average Bonchev–Trinajstić information content (AvgIpc) is 3.04. The number of hydrogen-bond donors (Lipinski definition) is 3. The van der Waals surface area contributed by atoms with E-state index in [1.807, 2.05) is 0 Å². The molecule has 5 nitrogen and oxygen atoms in total. The summed E-state index contributed by atoms with van der Waals surface area (Å²) in [7, 11) is 1.43. The second-order valence-corrected chi connectivity index (χ2v) is 6.24. The molecule has 138 valence electrons. The number of aliphatic hydroxyl groups excluding tert-OH is 1. The summed E-state index contributed by atoms with van der Waals surface area (Å²) < 4.78 is 33.5.